The molecular formula is C11H19N3O2. The van der Waals surface area contributed by atoms with Crippen LogP contribution in [-0.4, -0.2) is 39.3 Å². The van der Waals surface area contributed by atoms with Crippen molar-refractivity contribution in [1.29, 1.82) is 0 Å². The zero-order valence-corrected chi connectivity index (χ0v) is 9.72. The topological polar surface area (TPSA) is 62.4 Å². The average Bonchev–Trinajstić information content (AvgIpc) is 2.86. The van der Waals surface area contributed by atoms with E-state index in [4.69, 9.17) is 9.63 Å². The molecule has 0 aliphatic carbocycles. The molecule has 1 aliphatic heterocycles. The van der Waals surface area contributed by atoms with Crippen molar-refractivity contribution in [2.24, 2.45) is 0 Å². The van der Waals surface area contributed by atoms with Crippen molar-refractivity contribution in [3.05, 3.63) is 11.7 Å². The first kappa shape index (κ1) is 11.5. The van der Waals surface area contributed by atoms with E-state index in [1.54, 1.807) is 0 Å². The molecule has 1 aromatic rings. The van der Waals surface area contributed by atoms with E-state index in [1.807, 2.05) is 6.92 Å². The van der Waals surface area contributed by atoms with Gasteiger partial charge in [0, 0.05) is 19.6 Å². The maximum atomic E-state index is 8.85. The molecule has 16 heavy (non-hydrogen) atoms. The van der Waals surface area contributed by atoms with Gasteiger partial charge in [0.25, 0.3) is 0 Å². The summed E-state index contributed by atoms with van der Waals surface area (Å²) in [6, 6.07) is 0.575. The maximum absolute atomic E-state index is 8.85. The van der Waals surface area contributed by atoms with Crippen LogP contribution >= 0.6 is 0 Å². The summed E-state index contributed by atoms with van der Waals surface area (Å²) in [5.41, 5.74) is 0. The molecule has 0 amide bonds. The molecule has 1 atom stereocenters. The van der Waals surface area contributed by atoms with Crippen LogP contribution in [0.1, 0.15) is 37.4 Å². The maximum Gasteiger partial charge on any atom is 0.223 e. The van der Waals surface area contributed by atoms with Crippen LogP contribution in [0, 0.1) is 6.92 Å². The molecule has 1 unspecified atom stereocenters. The Hall–Kier alpha value is -0.940. The summed E-state index contributed by atoms with van der Waals surface area (Å²) < 4.78 is 4.96. The fourth-order valence-electron chi connectivity index (χ4n) is 2.34. The Morgan fingerprint density at radius 2 is 2.44 bits per heavy atom. The molecule has 0 radical (unpaired) electrons. The van der Waals surface area contributed by atoms with Crippen molar-refractivity contribution in [2.75, 3.05) is 13.2 Å². The quantitative estimate of drug-likeness (QED) is 0.813. The molecule has 2 heterocycles. The van der Waals surface area contributed by atoms with Gasteiger partial charge in [0.05, 0.1) is 6.54 Å². The SMILES string of the molecule is Cc1nc(CN2CCCC2CCCO)no1. The Kier molecular flexibility index (Phi) is 3.90. The van der Waals surface area contributed by atoms with E-state index in [0.29, 0.717) is 11.9 Å². The molecule has 1 aromatic heterocycles. The van der Waals surface area contributed by atoms with Crippen molar-refractivity contribution >= 4 is 0 Å². The number of aliphatic hydroxyl groups excluding tert-OH is 1. The highest BCUT2D eigenvalue weighted by Crippen LogP contribution is 2.22. The van der Waals surface area contributed by atoms with Crippen LogP contribution in [0.2, 0.25) is 0 Å². The molecule has 2 rings (SSSR count). The van der Waals surface area contributed by atoms with Crippen LogP contribution in [0.25, 0.3) is 0 Å². The van der Waals surface area contributed by atoms with Gasteiger partial charge in [-0.2, -0.15) is 4.98 Å². The first-order valence-electron chi connectivity index (χ1n) is 5.93. The molecule has 0 saturated carbocycles. The van der Waals surface area contributed by atoms with E-state index in [2.05, 4.69) is 15.0 Å². The highest BCUT2D eigenvalue weighted by Gasteiger charge is 2.25. The van der Waals surface area contributed by atoms with E-state index in [9.17, 15) is 0 Å². The van der Waals surface area contributed by atoms with Crippen molar-refractivity contribution in [3.8, 4) is 0 Å². The van der Waals surface area contributed by atoms with E-state index in [-0.39, 0.29) is 6.61 Å². The van der Waals surface area contributed by atoms with E-state index >= 15 is 0 Å². The minimum absolute atomic E-state index is 0.283. The second-order valence-corrected chi connectivity index (χ2v) is 4.36. The van der Waals surface area contributed by atoms with Crippen molar-refractivity contribution in [2.45, 2.75) is 45.2 Å². The molecule has 5 nitrogen and oxygen atoms in total. The van der Waals surface area contributed by atoms with Crippen LogP contribution in [0.4, 0.5) is 0 Å². The fourth-order valence-corrected chi connectivity index (χ4v) is 2.34. The third kappa shape index (κ3) is 2.80. The first-order chi connectivity index (χ1) is 7.79. The molecular weight excluding hydrogens is 206 g/mol. The Labute approximate surface area is 95.4 Å². The first-order valence-corrected chi connectivity index (χ1v) is 5.93. The smallest absolute Gasteiger partial charge is 0.223 e. The number of rotatable bonds is 5. The molecule has 1 aliphatic rings. The van der Waals surface area contributed by atoms with Crippen LogP contribution < -0.4 is 0 Å². The van der Waals surface area contributed by atoms with Gasteiger partial charge in [-0.15, -0.1) is 0 Å². The second-order valence-electron chi connectivity index (χ2n) is 4.36. The molecule has 0 spiro atoms. The number of aryl methyl sites for hydroxylation is 1. The van der Waals surface area contributed by atoms with E-state index in [1.165, 1.54) is 12.8 Å². The molecule has 1 fully saturated rings. The van der Waals surface area contributed by atoms with Gasteiger partial charge in [-0.25, -0.2) is 0 Å². The molecule has 90 valence electrons. The summed E-state index contributed by atoms with van der Waals surface area (Å²) in [4.78, 5) is 6.61. The van der Waals surface area contributed by atoms with E-state index in [0.717, 1.165) is 31.8 Å². The Balaban J connectivity index is 1.88. The predicted molar refractivity (Wildman–Crippen MR) is 58.8 cm³/mol. The number of hydrogen-bond donors (Lipinski definition) is 1. The van der Waals surface area contributed by atoms with Crippen LogP contribution in [0.15, 0.2) is 4.52 Å². The van der Waals surface area contributed by atoms with Gasteiger partial charge < -0.3 is 9.63 Å². The third-order valence-corrected chi connectivity index (χ3v) is 3.11. The van der Waals surface area contributed by atoms with Gasteiger partial charge in [0.1, 0.15) is 0 Å². The molecule has 1 N–H and O–H groups in total. The summed E-state index contributed by atoms with van der Waals surface area (Å²) >= 11 is 0. The fraction of sp³-hybridized carbons (Fsp3) is 0.818. The number of aromatic nitrogens is 2. The number of likely N-dealkylation sites (tertiary alicyclic amines) is 1. The summed E-state index contributed by atoms with van der Waals surface area (Å²) in [6.45, 7) is 3.96. The number of aliphatic hydroxyl groups is 1. The minimum Gasteiger partial charge on any atom is -0.396 e. The van der Waals surface area contributed by atoms with Gasteiger partial charge in [-0.1, -0.05) is 5.16 Å². The van der Waals surface area contributed by atoms with Gasteiger partial charge in [-0.05, 0) is 32.2 Å². The zero-order chi connectivity index (χ0) is 11.4. The number of nitrogens with zero attached hydrogens (tertiary/aromatic N) is 3. The highest BCUT2D eigenvalue weighted by atomic mass is 16.5. The van der Waals surface area contributed by atoms with Crippen LogP contribution in [0.5, 0.6) is 0 Å². The van der Waals surface area contributed by atoms with Crippen LogP contribution in [-0.2, 0) is 6.54 Å². The highest BCUT2D eigenvalue weighted by molar-refractivity contribution is 4.88. The third-order valence-electron chi connectivity index (χ3n) is 3.11. The normalized spacial score (nSPS) is 21.8. The molecule has 0 aromatic carbocycles. The summed E-state index contributed by atoms with van der Waals surface area (Å²) in [7, 11) is 0. The van der Waals surface area contributed by atoms with Gasteiger partial charge >= 0.3 is 0 Å². The lowest BCUT2D eigenvalue weighted by Crippen LogP contribution is -2.29. The Morgan fingerprint density at radius 1 is 1.56 bits per heavy atom. The molecule has 0 bridgehead atoms. The summed E-state index contributed by atoms with van der Waals surface area (Å²) in [6.07, 6.45) is 4.39. The minimum atomic E-state index is 0.283. The largest absolute Gasteiger partial charge is 0.396 e. The zero-order valence-electron chi connectivity index (χ0n) is 9.72. The van der Waals surface area contributed by atoms with Crippen LogP contribution in [0.3, 0.4) is 0 Å². The van der Waals surface area contributed by atoms with E-state index < -0.39 is 0 Å². The van der Waals surface area contributed by atoms with Crippen molar-refractivity contribution < 1.29 is 9.63 Å². The summed E-state index contributed by atoms with van der Waals surface area (Å²) in [5, 5.41) is 12.8. The monoisotopic (exact) mass is 225 g/mol. The lowest BCUT2D eigenvalue weighted by Gasteiger charge is -2.22. The van der Waals surface area contributed by atoms with Gasteiger partial charge in [0.15, 0.2) is 5.82 Å². The van der Waals surface area contributed by atoms with Crippen molar-refractivity contribution in [3.63, 3.8) is 0 Å². The average molecular weight is 225 g/mol. The lowest BCUT2D eigenvalue weighted by atomic mass is 10.1. The molecule has 5 heteroatoms. The molecule has 1 saturated heterocycles. The standard InChI is InChI=1S/C11H19N3O2/c1-9-12-11(13-16-9)8-14-6-2-4-10(14)5-3-7-15/h10,15H,2-8H2,1H3. The predicted octanol–water partition coefficient (Wildman–Crippen LogP) is 1.11. The second kappa shape index (κ2) is 5.41. The van der Waals surface area contributed by atoms with Crippen molar-refractivity contribution in [1.82, 2.24) is 15.0 Å². The number of hydrogen-bond acceptors (Lipinski definition) is 5. The summed E-state index contributed by atoms with van der Waals surface area (Å²) in [5.74, 6) is 1.40. The van der Waals surface area contributed by atoms with Gasteiger partial charge in [-0.3, -0.25) is 4.90 Å². The van der Waals surface area contributed by atoms with Gasteiger partial charge in [0.2, 0.25) is 5.89 Å². The Morgan fingerprint density at radius 3 is 3.12 bits per heavy atom. The lowest BCUT2D eigenvalue weighted by molar-refractivity contribution is 0.204. The Bertz CT molecular complexity index is 327.